The van der Waals surface area contributed by atoms with Gasteiger partial charge in [-0.25, -0.2) is 14.8 Å². The Bertz CT molecular complexity index is 4270. The number of esters is 1. The zero-order valence-corrected chi connectivity index (χ0v) is 56.5. The van der Waals surface area contributed by atoms with E-state index >= 15 is 0 Å². The third kappa shape index (κ3) is 15.6. The minimum atomic E-state index is -1.36. The Morgan fingerprint density at radius 3 is 1.38 bits per heavy atom. The van der Waals surface area contributed by atoms with Crippen LogP contribution in [0.3, 0.4) is 0 Å². The standard InChI is InChI=1S/C32H32N6O6.C31H31N7O5.C2H6.H2N.2W/c1-43-32(42)31(41)35-21-8-9-24-23(15-21)20(16-34-24)14-26(28(33)39)37-30(40)18-7-10-27-25(13-18)36-29(19-11-12-44-17-19)38(27)22-5-3-2-4-6-22;32-27(39)25(13-19-15-34-23-8-7-20(14-22(19)23)35-31(42)28(33)40)37-30(41)17-6-9-26-24(12-17)36-29(18-10-11-43-16-18)38(26)21-4-2-1-3-5-21;1-2;;;/h7-13,15-17,22,26,34H,2-6,14H2,1H3,(H2,33,39)(H,35,41)(H,37,40);6-12,14-16,21,25H,1-5,13H2,(H7,32,33,34,35,37,39,40,41,42);1-2H3;1H2;;/q;;;-1;;/p-1/t26-;25-;;;;/m00..../s1. The summed E-state index contributed by atoms with van der Waals surface area (Å²) in [5, 5.41) is 11.7. The van der Waals surface area contributed by atoms with Crippen molar-refractivity contribution in [3.8, 4) is 22.8 Å². The molecule has 2 atom stereocenters. The third-order valence-electron chi connectivity index (χ3n) is 16.1. The number of carbonyl (C=O) groups is 8. The van der Waals surface area contributed by atoms with Crippen LogP contribution in [0.4, 0.5) is 11.4 Å². The van der Waals surface area contributed by atoms with Gasteiger partial charge in [0.15, 0.2) is 0 Å². The van der Waals surface area contributed by atoms with E-state index in [0.717, 1.165) is 97.8 Å². The van der Waals surface area contributed by atoms with Crippen molar-refractivity contribution >= 4 is 103 Å². The van der Waals surface area contributed by atoms with Crippen LogP contribution in [0.1, 0.15) is 122 Å². The summed E-state index contributed by atoms with van der Waals surface area (Å²) in [4.78, 5) is 114. The number of hydrogen-bond acceptors (Lipinski definition) is 13. The zero-order chi connectivity index (χ0) is 62.9. The van der Waals surface area contributed by atoms with Crippen LogP contribution in [-0.2, 0) is 88.5 Å². The van der Waals surface area contributed by atoms with E-state index in [9.17, 15) is 38.4 Å². The van der Waals surface area contributed by atoms with Gasteiger partial charge in [-0.05, 0) is 122 Å². The summed E-state index contributed by atoms with van der Waals surface area (Å²) in [6.45, 7) is 4.00. The Hall–Kier alpha value is -9.44. The number of furan rings is 2. The first-order valence-corrected chi connectivity index (χ1v) is 29.6. The van der Waals surface area contributed by atoms with Crippen LogP contribution >= 0.6 is 0 Å². The van der Waals surface area contributed by atoms with Gasteiger partial charge in [-0.2, -0.15) is 0 Å². The minimum absolute atomic E-state index is 0. The van der Waals surface area contributed by atoms with Gasteiger partial charge in [0.05, 0.1) is 52.8 Å². The zero-order valence-electron chi connectivity index (χ0n) is 50.7. The molecular weight excluding hydrogens is 1520 g/mol. The van der Waals surface area contributed by atoms with Crippen molar-refractivity contribution in [3.05, 3.63) is 157 Å². The molecule has 7 amide bonds. The number of anilines is 2. The Morgan fingerprint density at radius 1 is 0.598 bits per heavy atom. The number of aromatic nitrogens is 6. The molecule has 0 radical (unpaired) electrons. The molecule has 13 N–H and O–H groups in total. The largest absolute Gasteiger partial charge is 0.693 e. The second-order valence-corrected chi connectivity index (χ2v) is 21.8. The molecule has 2 aliphatic carbocycles. The molecule has 2 saturated carbocycles. The number of benzene rings is 4. The van der Waals surface area contributed by atoms with Crippen LogP contribution in [-0.4, -0.2) is 95.6 Å². The molecule has 0 aliphatic heterocycles. The quantitative estimate of drug-likeness (QED) is 0.0330. The molecule has 0 spiro atoms. The number of hydrogen-bond donors (Lipinski definition) is 8. The van der Waals surface area contributed by atoms with Crippen LogP contribution in [0, 0.1) is 0 Å². The number of nitrogens with one attached hydrogen (secondary N) is 7. The molecule has 10 aromatic rings. The molecule has 0 saturated heterocycles. The van der Waals surface area contributed by atoms with E-state index in [2.05, 4.69) is 45.1 Å². The number of H-pyrrole nitrogens is 2. The molecular formula is C65H70N14O11W2-2. The van der Waals surface area contributed by atoms with Crippen molar-refractivity contribution in [2.24, 2.45) is 11.5 Å². The number of nitrogens with two attached hydrogens (primary N) is 3. The van der Waals surface area contributed by atoms with Crippen molar-refractivity contribution in [2.75, 3.05) is 17.7 Å². The molecule has 4 aromatic carbocycles. The number of rotatable bonds is 16. The van der Waals surface area contributed by atoms with E-state index in [1.54, 1.807) is 98.1 Å². The van der Waals surface area contributed by atoms with E-state index in [1.807, 2.05) is 38.1 Å². The molecule has 92 heavy (non-hydrogen) atoms. The van der Waals surface area contributed by atoms with Crippen LogP contribution in [0.15, 0.2) is 131 Å². The predicted molar refractivity (Wildman–Crippen MR) is 339 cm³/mol. The van der Waals surface area contributed by atoms with Crippen LogP contribution in [0.25, 0.3) is 78.5 Å². The molecule has 12 rings (SSSR count). The van der Waals surface area contributed by atoms with Gasteiger partial charge in [0, 0.05) is 124 Å². The van der Waals surface area contributed by atoms with Crippen molar-refractivity contribution in [1.82, 2.24) is 39.7 Å². The fourth-order valence-corrected chi connectivity index (χ4v) is 11.8. The minimum Gasteiger partial charge on any atom is -0.693 e. The normalized spacial score (nSPS) is 13.7. The number of ether oxygens (including phenoxy) is 1. The number of aromatic amines is 2. The van der Waals surface area contributed by atoms with E-state index in [1.165, 1.54) is 12.8 Å². The van der Waals surface area contributed by atoms with Crippen molar-refractivity contribution in [2.45, 2.75) is 115 Å². The second kappa shape index (κ2) is 31.5. The van der Waals surface area contributed by atoms with Crippen molar-refractivity contribution < 1.29 is 94.1 Å². The van der Waals surface area contributed by atoms with E-state index in [0.29, 0.717) is 73.0 Å². The van der Waals surface area contributed by atoms with Gasteiger partial charge in [-0.1, -0.05) is 52.4 Å². The maximum atomic E-state index is 13.4. The maximum Gasteiger partial charge on any atom is 0.396 e. The number of fused-ring (bicyclic) bond motifs is 4. The average molecular weight is 1590 g/mol. The second-order valence-electron chi connectivity index (χ2n) is 21.8. The molecule has 480 valence electrons. The number of nitrogens with zero attached hydrogens (tertiary/aromatic N) is 4. The molecule has 0 bridgehead atoms. The Morgan fingerprint density at radius 2 is 1.01 bits per heavy atom. The first kappa shape index (κ1) is 70.0. The van der Waals surface area contributed by atoms with Gasteiger partial charge >= 0.3 is 11.9 Å². The average Bonchev–Trinajstić information content (AvgIpc) is 1.67. The van der Waals surface area contributed by atoms with E-state index in [-0.39, 0.29) is 61.1 Å². The Kier molecular flexibility index (Phi) is 24.0. The van der Waals surface area contributed by atoms with Crippen molar-refractivity contribution in [1.29, 1.82) is 0 Å². The molecule has 6 heterocycles. The molecule has 0 unspecified atom stereocenters. The van der Waals surface area contributed by atoms with Gasteiger partial charge in [-0.15, -0.1) is 0 Å². The summed E-state index contributed by atoms with van der Waals surface area (Å²) >= 11 is 0. The van der Waals surface area contributed by atoms with Crippen LogP contribution in [0.2, 0.25) is 0 Å². The monoisotopic (exact) mass is 1590 g/mol. The maximum absolute atomic E-state index is 13.4. The summed E-state index contributed by atoms with van der Waals surface area (Å²) in [6, 6.07) is 22.9. The number of methoxy groups -OCH3 is 1. The first-order valence-electron chi connectivity index (χ1n) is 29.6. The van der Waals surface area contributed by atoms with Gasteiger partial charge in [0.25, 0.3) is 17.7 Å². The molecule has 25 nitrogen and oxygen atoms in total. The first-order chi connectivity index (χ1) is 43.1. The third-order valence-corrected chi connectivity index (χ3v) is 16.1. The predicted octanol–water partition coefficient (Wildman–Crippen LogP) is 10.6. The van der Waals surface area contributed by atoms with E-state index < -0.39 is 59.4 Å². The summed E-state index contributed by atoms with van der Waals surface area (Å²) in [6.07, 6.45) is 21.5. The number of imidazole rings is 2. The van der Waals surface area contributed by atoms with Crippen LogP contribution in [0.5, 0.6) is 0 Å². The number of carbonyl (C=O) groups excluding carboxylic acids is 8. The van der Waals surface area contributed by atoms with Gasteiger partial charge in [0.2, 0.25) is 11.8 Å². The Labute approximate surface area is 556 Å². The van der Waals surface area contributed by atoms with E-state index in [4.69, 9.17) is 36.0 Å². The van der Waals surface area contributed by atoms with Gasteiger partial charge in [0.1, 0.15) is 42.2 Å². The SMILES string of the molecule is CC.COC(=O)C(=O)Nc1ccc2[nH]cc(C[C@H](NC(=O)c3ccc4c(c3)nc(-c3ccoc3)n4C3CCCCC3)C(N)=O)c2c1.[NH-]C(=O)C(=O)Nc1ccc2[nH]cc(C[C@H](NC(=O)c3ccc4c(c3)nc(-c3ccoc3)n4C3CCCCC3)C(N)=O)c2c1.[NH2-].[W].[W]. The van der Waals surface area contributed by atoms with Crippen LogP contribution < -0.4 is 32.7 Å². The molecule has 2 aliphatic rings. The molecule has 6 aromatic heterocycles. The summed E-state index contributed by atoms with van der Waals surface area (Å²) in [5.74, 6) is -5.09. The molecule has 2 fully saturated rings. The topological polar surface area (TPSA) is 397 Å². The number of primary amides is 2. The molecule has 27 heteroatoms. The fourth-order valence-electron chi connectivity index (χ4n) is 11.8. The fraction of sp³-hybridized carbons (Fsp3) is 0.292. The van der Waals surface area contributed by atoms with Gasteiger partial charge < -0.3 is 82.1 Å². The van der Waals surface area contributed by atoms with Crippen molar-refractivity contribution in [3.63, 3.8) is 0 Å². The summed E-state index contributed by atoms with van der Waals surface area (Å²) in [5.41, 5.74) is 27.5. The van der Waals surface area contributed by atoms with Gasteiger partial charge in [-0.3, -0.25) is 28.8 Å². The summed E-state index contributed by atoms with van der Waals surface area (Å²) < 4.78 is 19.6. The number of amides is 7. The summed E-state index contributed by atoms with van der Waals surface area (Å²) in [7, 11) is 1.12. The Balaban J connectivity index is 0.000000246. The smallest absolute Gasteiger partial charge is 0.396 e.